The van der Waals surface area contributed by atoms with Crippen molar-refractivity contribution in [2.75, 3.05) is 46.9 Å². The minimum absolute atomic E-state index is 0.170. The highest BCUT2D eigenvalue weighted by molar-refractivity contribution is 7.86. The maximum Gasteiger partial charge on any atom is 0.282 e. The van der Waals surface area contributed by atoms with Crippen LogP contribution in [0.3, 0.4) is 0 Å². The van der Waals surface area contributed by atoms with Gasteiger partial charge >= 0.3 is 0 Å². The van der Waals surface area contributed by atoms with Crippen molar-refractivity contribution in [3.63, 3.8) is 0 Å². The third-order valence-electron chi connectivity index (χ3n) is 2.34. The van der Waals surface area contributed by atoms with Crippen molar-refractivity contribution in [1.82, 2.24) is 13.9 Å². The largest absolute Gasteiger partial charge is 0.379 e. The van der Waals surface area contributed by atoms with E-state index in [2.05, 4.69) is 5.32 Å². The molecule has 1 saturated heterocycles. The molecule has 0 saturated carbocycles. The minimum atomic E-state index is -3.54. The third kappa shape index (κ3) is 3.14. The zero-order chi connectivity index (χ0) is 12.2. The molecule has 7 nitrogen and oxygen atoms in total. The standard InChI is InChI=1S/C8H17N3O4S/c1-9-8(12)7-10(2)16(13,14)11-3-5-15-6-4-11/h3-7H2,1-2H3,(H,9,12). The van der Waals surface area contributed by atoms with Crippen molar-refractivity contribution in [2.24, 2.45) is 0 Å². The number of rotatable bonds is 4. The predicted molar refractivity (Wildman–Crippen MR) is 58.0 cm³/mol. The average molecular weight is 251 g/mol. The van der Waals surface area contributed by atoms with Crippen LogP contribution >= 0.6 is 0 Å². The molecule has 0 unspecified atom stereocenters. The van der Waals surface area contributed by atoms with Gasteiger partial charge in [0.2, 0.25) is 5.91 Å². The Morgan fingerprint density at radius 1 is 1.44 bits per heavy atom. The summed E-state index contributed by atoms with van der Waals surface area (Å²) in [5.41, 5.74) is 0. The van der Waals surface area contributed by atoms with Gasteiger partial charge in [0.1, 0.15) is 0 Å². The lowest BCUT2D eigenvalue weighted by molar-refractivity contribution is -0.120. The van der Waals surface area contributed by atoms with Crippen molar-refractivity contribution in [2.45, 2.75) is 0 Å². The number of carbonyl (C=O) groups is 1. The molecule has 1 rings (SSSR count). The fraction of sp³-hybridized carbons (Fsp3) is 0.875. The SMILES string of the molecule is CNC(=O)CN(C)S(=O)(=O)N1CCOCC1. The lowest BCUT2D eigenvalue weighted by Gasteiger charge is -2.29. The molecule has 1 amide bonds. The van der Waals surface area contributed by atoms with Crippen LogP contribution in [-0.4, -0.2) is 69.9 Å². The number of nitrogens with zero attached hydrogens (tertiary/aromatic N) is 2. The molecule has 1 aliphatic heterocycles. The van der Waals surface area contributed by atoms with Crippen molar-refractivity contribution >= 4 is 16.1 Å². The van der Waals surface area contributed by atoms with Gasteiger partial charge in [-0.25, -0.2) is 0 Å². The molecule has 0 radical (unpaired) electrons. The highest BCUT2D eigenvalue weighted by Crippen LogP contribution is 2.08. The zero-order valence-corrected chi connectivity index (χ0v) is 10.3. The molecule has 0 bridgehead atoms. The van der Waals surface area contributed by atoms with E-state index >= 15 is 0 Å². The highest BCUT2D eigenvalue weighted by atomic mass is 32.2. The molecule has 1 fully saturated rings. The Hall–Kier alpha value is -0.700. The first-order valence-electron chi connectivity index (χ1n) is 4.98. The number of nitrogens with one attached hydrogen (secondary N) is 1. The molecule has 0 aromatic heterocycles. The van der Waals surface area contributed by atoms with E-state index in [1.54, 1.807) is 0 Å². The number of hydrogen-bond acceptors (Lipinski definition) is 4. The van der Waals surface area contributed by atoms with Crippen molar-refractivity contribution in [3.05, 3.63) is 0 Å². The Kier molecular flexibility index (Phi) is 4.66. The fourth-order valence-corrected chi connectivity index (χ4v) is 2.62. The van der Waals surface area contributed by atoms with Gasteiger partial charge in [-0.05, 0) is 0 Å². The van der Waals surface area contributed by atoms with E-state index in [0.717, 1.165) is 4.31 Å². The minimum Gasteiger partial charge on any atom is -0.379 e. The molecule has 0 atom stereocenters. The number of morpholine rings is 1. The molecular weight excluding hydrogens is 234 g/mol. The maximum absolute atomic E-state index is 12.0. The predicted octanol–water partition coefficient (Wildman–Crippen LogP) is -1.76. The molecular formula is C8H17N3O4S. The van der Waals surface area contributed by atoms with E-state index in [1.807, 2.05) is 0 Å². The van der Waals surface area contributed by atoms with Crippen LogP contribution in [0, 0.1) is 0 Å². The van der Waals surface area contributed by atoms with Gasteiger partial charge in [-0.3, -0.25) is 4.79 Å². The lowest BCUT2D eigenvalue weighted by atomic mass is 10.5. The Labute approximate surface area is 95.5 Å². The van der Waals surface area contributed by atoms with E-state index in [-0.39, 0.29) is 12.5 Å². The van der Waals surface area contributed by atoms with Crippen LogP contribution in [0.5, 0.6) is 0 Å². The summed E-state index contributed by atoms with van der Waals surface area (Å²) < 4.78 is 31.3. The van der Waals surface area contributed by atoms with Crippen LogP contribution in [0.4, 0.5) is 0 Å². The lowest BCUT2D eigenvalue weighted by Crippen LogP contribution is -2.49. The summed E-state index contributed by atoms with van der Waals surface area (Å²) >= 11 is 0. The summed E-state index contributed by atoms with van der Waals surface area (Å²) in [4.78, 5) is 11.1. The van der Waals surface area contributed by atoms with E-state index in [1.165, 1.54) is 18.4 Å². The molecule has 94 valence electrons. The van der Waals surface area contributed by atoms with Gasteiger partial charge in [-0.15, -0.1) is 0 Å². The Balaban J connectivity index is 2.64. The monoisotopic (exact) mass is 251 g/mol. The second-order valence-corrected chi connectivity index (χ2v) is 5.48. The van der Waals surface area contributed by atoms with Crippen LogP contribution in [0.15, 0.2) is 0 Å². The Morgan fingerprint density at radius 3 is 2.50 bits per heavy atom. The quantitative estimate of drug-likeness (QED) is 0.642. The Bertz CT molecular complexity index is 337. The molecule has 1 N–H and O–H groups in total. The summed E-state index contributed by atoms with van der Waals surface area (Å²) in [6, 6.07) is 0. The fourth-order valence-electron chi connectivity index (χ4n) is 1.34. The first kappa shape index (κ1) is 13.4. The average Bonchev–Trinajstić information content (AvgIpc) is 2.29. The highest BCUT2D eigenvalue weighted by Gasteiger charge is 2.29. The molecule has 16 heavy (non-hydrogen) atoms. The summed E-state index contributed by atoms with van der Waals surface area (Å²) in [5, 5.41) is 2.38. The molecule has 8 heteroatoms. The smallest absolute Gasteiger partial charge is 0.282 e. The first-order chi connectivity index (χ1) is 7.48. The molecule has 1 aliphatic rings. The van der Waals surface area contributed by atoms with Gasteiger partial charge in [0, 0.05) is 27.2 Å². The first-order valence-corrected chi connectivity index (χ1v) is 6.38. The maximum atomic E-state index is 12.0. The van der Waals surface area contributed by atoms with Crippen molar-refractivity contribution in [3.8, 4) is 0 Å². The van der Waals surface area contributed by atoms with Crippen LogP contribution < -0.4 is 5.32 Å². The Morgan fingerprint density at radius 2 is 2.00 bits per heavy atom. The van der Waals surface area contributed by atoms with E-state index < -0.39 is 10.2 Å². The van der Waals surface area contributed by atoms with Gasteiger partial charge in [0.25, 0.3) is 10.2 Å². The van der Waals surface area contributed by atoms with Gasteiger partial charge < -0.3 is 10.1 Å². The number of likely N-dealkylation sites (N-methyl/N-ethyl adjacent to an activating group) is 2. The van der Waals surface area contributed by atoms with Crippen molar-refractivity contribution in [1.29, 1.82) is 0 Å². The van der Waals surface area contributed by atoms with Gasteiger partial charge in [0.05, 0.1) is 19.8 Å². The van der Waals surface area contributed by atoms with Crippen LogP contribution in [-0.2, 0) is 19.7 Å². The van der Waals surface area contributed by atoms with Gasteiger partial charge in [0.15, 0.2) is 0 Å². The second kappa shape index (κ2) is 5.58. The summed E-state index contributed by atoms with van der Waals surface area (Å²) in [7, 11) is -0.683. The molecule has 0 aromatic carbocycles. The molecule has 1 heterocycles. The number of carbonyl (C=O) groups excluding carboxylic acids is 1. The number of amides is 1. The van der Waals surface area contributed by atoms with Gasteiger partial charge in [-0.2, -0.15) is 17.0 Å². The van der Waals surface area contributed by atoms with E-state index in [4.69, 9.17) is 4.74 Å². The third-order valence-corrected chi connectivity index (χ3v) is 4.27. The van der Waals surface area contributed by atoms with Crippen LogP contribution in [0.25, 0.3) is 0 Å². The van der Waals surface area contributed by atoms with Gasteiger partial charge in [-0.1, -0.05) is 0 Å². The number of ether oxygens (including phenoxy) is 1. The van der Waals surface area contributed by atoms with Crippen LogP contribution in [0.2, 0.25) is 0 Å². The summed E-state index contributed by atoms with van der Waals surface area (Å²) in [6.45, 7) is 1.29. The molecule has 0 spiro atoms. The van der Waals surface area contributed by atoms with E-state index in [9.17, 15) is 13.2 Å². The van der Waals surface area contributed by atoms with Crippen molar-refractivity contribution < 1.29 is 17.9 Å². The molecule has 0 aromatic rings. The zero-order valence-electron chi connectivity index (χ0n) is 9.47. The van der Waals surface area contributed by atoms with Crippen LogP contribution in [0.1, 0.15) is 0 Å². The normalized spacial score (nSPS) is 18.7. The second-order valence-electron chi connectivity index (χ2n) is 3.45. The molecule has 0 aliphatic carbocycles. The summed E-state index contributed by atoms with van der Waals surface area (Å²) in [6.07, 6.45) is 0. The van der Waals surface area contributed by atoms with E-state index in [0.29, 0.717) is 26.3 Å². The topological polar surface area (TPSA) is 79.0 Å². The summed E-state index contributed by atoms with van der Waals surface area (Å²) in [5.74, 6) is -0.334. The number of hydrogen-bond donors (Lipinski definition) is 1.